The number of aryl methyl sites for hydroxylation is 1. The van der Waals surface area contributed by atoms with Crippen LogP contribution in [0.2, 0.25) is 0 Å². The van der Waals surface area contributed by atoms with Gasteiger partial charge >= 0.3 is 0 Å². The van der Waals surface area contributed by atoms with E-state index in [2.05, 4.69) is 24.4 Å². The van der Waals surface area contributed by atoms with E-state index in [1.165, 1.54) is 24.8 Å². The monoisotopic (exact) mass is 290 g/mol. The molecular formula is C18H30N2O. The summed E-state index contributed by atoms with van der Waals surface area (Å²) in [5, 5.41) is 2.96. The minimum Gasteiger partial charge on any atom is -0.326 e. The molecule has 0 atom stereocenters. The first-order chi connectivity index (χ1) is 9.68. The Balaban J connectivity index is 2.65. The van der Waals surface area contributed by atoms with E-state index in [0.717, 1.165) is 12.1 Å². The lowest BCUT2D eigenvalue weighted by molar-refractivity contribution is -0.126. The minimum atomic E-state index is -0.632. The maximum atomic E-state index is 12.4. The molecule has 3 N–H and O–H groups in total. The highest BCUT2D eigenvalue weighted by molar-refractivity contribution is 5.95. The van der Waals surface area contributed by atoms with Gasteiger partial charge in [-0.1, -0.05) is 31.9 Å². The van der Waals surface area contributed by atoms with Crippen molar-refractivity contribution in [3.8, 4) is 0 Å². The number of benzene rings is 1. The summed E-state index contributed by atoms with van der Waals surface area (Å²) in [7, 11) is 0. The van der Waals surface area contributed by atoms with Gasteiger partial charge in [-0.15, -0.1) is 0 Å². The van der Waals surface area contributed by atoms with Gasteiger partial charge in [0.2, 0.25) is 5.91 Å². The molecule has 0 aliphatic rings. The summed E-state index contributed by atoms with van der Waals surface area (Å²) in [6, 6.07) is 8.12. The van der Waals surface area contributed by atoms with Gasteiger partial charge in [0.25, 0.3) is 0 Å². The Bertz CT molecular complexity index is 455. The third kappa shape index (κ3) is 4.85. The Morgan fingerprint density at radius 2 is 1.67 bits per heavy atom. The topological polar surface area (TPSA) is 55.1 Å². The van der Waals surface area contributed by atoms with Gasteiger partial charge in [-0.05, 0) is 58.2 Å². The summed E-state index contributed by atoms with van der Waals surface area (Å²) < 4.78 is 0. The molecule has 0 bridgehead atoms. The quantitative estimate of drug-likeness (QED) is 0.742. The van der Waals surface area contributed by atoms with Gasteiger partial charge in [-0.2, -0.15) is 0 Å². The van der Waals surface area contributed by atoms with Gasteiger partial charge in [0.05, 0.1) is 5.41 Å². The molecule has 0 aliphatic heterocycles. The zero-order chi connectivity index (χ0) is 16.1. The number of hydrogen-bond donors (Lipinski definition) is 2. The molecule has 1 rings (SSSR count). The number of rotatable bonds is 7. The number of carbonyl (C=O) groups excluding carboxylic acids is 1. The van der Waals surface area contributed by atoms with Gasteiger partial charge in [0.1, 0.15) is 0 Å². The Kier molecular flexibility index (Phi) is 5.97. The van der Waals surface area contributed by atoms with Gasteiger partial charge in [-0.25, -0.2) is 0 Å². The van der Waals surface area contributed by atoms with Gasteiger partial charge in [0, 0.05) is 11.2 Å². The van der Waals surface area contributed by atoms with Crippen LogP contribution in [0.15, 0.2) is 24.3 Å². The van der Waals surface area contributed by atoms with Crippen LogP contribution in [-0.4, -0.2) is 11.4 Å². The Labute approximate surface area is 129 Å². The van der Waals surface area contributed by atoms with E-state index in [4.69, 9.17) is 5.73 Å². The summed E-state index contributed by atoms with van der Waals surface area (Å²) in [6.07, 6.45) is 4.82. The predicted molar refractivity (Wildman–Crippen MR) is 90.3 cm³/mol. The number of carbonyl (C=O) groups is 1. The fourth-order valence-electron chi connectivity index (χ4n) is 1.91. The highest BCUT2D eigenvalue weighted by Crippen LogP contribution is 2.29. The SMILES string of the molecule is CCCCCc1ccc(NC(=O)C(C)(C)C(C)(C)N)cc1. The largest absolute Gasteiger partial charge is 0.326 e. The van der Waals surface area contributed by atoms with Crippen LogP contribution in [0.1, 0.15) is 59.4 Å². The van der Waals surface area contributed by atoms with E-state index in [1.807, 2.05) is 39.8 Å². The fourth-order valence-corrected chi connectivity index (χ4v) is 1.91. The Morgan fingerprint density at radius 3 is 2.14 bits per heavy atom. The Morgan fingerprint density at radius 1 is 1.10 bits per heavy atom. The van der Waals surface area contributed by atoms with Crippen LogP contribution in [0.5, 0.6) is 0 Å². The molecule has 1 aromatic carbocycles. The molecule has 0 heterocycles. The predicted octanol–water partition coefficient (Wildman–Crippen LogP) is 4.12. The molecule has 21 heavy (non-hydrogen) atoms. The molecule has 3 heteroatoms. The molecule has 0 spiro atoms. The molecule has 0 aromatic heterocycles. The van der Waals surface area contributed by atoms with E-state index in [0.29, 0.717) is 0 Å². The molecular weight excluding hydrogens is 260 g/mol. The van der Waals surface area contributed by atoms with Crippen molar-refractivity contribution in [2.24, 2.45) is 11.1 Å². The smallest absolute Gasteiger partial charge is 0.231 e. The third-order valence-corrected chi connectivity index (χ3v) is 4.46. The van der Waals surface area contributed by atoms with Crippen molar-refractivity contribution >= 4 is 11.6 Å². The number of hydrogen-bond acceptors (Lipinski definition) is 2. The van der Waals surface area contributed by atoms with Crippen molar-refractivity contribution in [2.45, 2.75) is 65.8 Å². The number of amides is 1. The molecule has 0 radical (unpaired) electrons. The fraction of sp³-hybridized carbons (Fsp3) is 0.611. The second-order valence-electron chi connectivity index (χ2n) is 6.95. The average molecular weight is 290 g/mol. The van der Waals surface area contributed by atoms with Crippen LogP contribution in [-0.2, 0) is 11.2 Å². The van der Waals surface area contributed by atoms with E-state index in [-0.39, 0.29) is 5.91 Å². The second kappa shape index (κ2) is 7.08. The van der Waals surface area contributed by atoms with Crippen LogP contribution in [0.3, 0.4) is 0 Å². The summed E-state index contributed by atoms with van der Waals surface area (Å²) >= 11 is 0. The lowest BCUT2D eigenvalue weighted by Crippen LogP contribution is -2.53. The van der Waals surface area contributed by atoms with Crippen molar-refractivity contribution < 1.29 is 4.79 Å². The number of nitrogens with one attached hydrogen (secondary N) is 1. The Hall–Kier alpha value is -1.35. The van der Waals surface area contributed by atoms with Gasteiger partial charge < -0.3 is 11.1 Å². The molecule has 118 valence electrons. The second-order valence-corrected chi connectivity index (χ2v) is 6.95. The normalized spacial score (nSPS) is 12.3. The van der Waals surface area contributed by atoms with Crippen LogP contribution in [0.25, 0.3) is 0 Å². The molecule has 0 unspecified atom stereocenters. The molecule has 0 saturated carbocycles. The number of unbranched alkanes of at least 4 members (excludes halogenated alkanes) is 2. The first-order valence-corrected chi connectivity index (χ1v) is 7.87. The van der Waals surface area contributed by atoms with Crippen molar-refractivity contribution in [2.75, 3.05) is 5.32 Å². The van der Waals surface area contributed by atoms with Gasteiger partial charge in [0.15, 0.2) is 0 Å². The zero-order valence-electron chi connectivity index (χ0n) is 14.1. The molecule has 3 nitrogen and oxygen atoms in total. The van der Waals surface area contributed by atoms with Crippen molar-refractivity contribution in [1.82, 2.24) is 0 Å². The lowest BCUT2D eigenvalue weighted by atomic mass is 9.74. The van der Waals surface area contributed by atoms with Crippen LogP contribution in [0, 0.1) is 5.41 Å². The van der Waals surface area contributed by atoms with E-state index in [1.54, 1.807) is 0 Å². The van der Waals surface area contributed by atoms with Crippen molar-refractivity contribution in [3.63, 3.8) is 0 Å². The van der Waals surface area contributed by atoms with Crippen LogP contribution < -0.4 is 11.1 Å². The summed E-state index contributed by atoms with van der Waals surface area (Å²) in [6.45, 7) is 9.72. The number of anilines is 1. The number of nitrogens with two attached hydrogens (primary N) is 1. The molecule has 0 aliphatic carbocycles. The van der Waals surface area contributed by atoms with Gasteiger partial charge in [-0.3, -0.25) is 4.79 Å². The van der Waals surface area contributed by atoms with Crippen molar-refractivity contribution in [1.29, 1.82) is 0 Å². The first kappa shape index (κ1) is 17.7. The summed E-state index contributed by atoms with van der Waals surface area (Å²) in [4.78, 5) is 12.4. The molecule has 1 amide bonds. The van der Waals surface area contributed by atoms with Crippen LogP contribution >= 0.6 is 0 Å². The minimum absolute atomic E-state index is 0.0475. The molecule has 0 saturated heterocycles. The lowest BCUT2D eigenvalue weighted by Gasteiger charge is -2.36. The maximum Gasteiger partial charge on any atom is 0.231 e. The highest BCUT2D eigenvalue weighted by atomic mass is 16.2. The summed E-state index contributed by atoms with van der Waals surface area (Å²) in [5.41, 5.74) is 7.04. The zero-order valence-corrected chi connectivity index (χ0v) is 14.1. The van der Waals surface area contributed by atoms with E-state index >= 15 is 0 Å². The average Bonchev–Trinajstić information content (AvgIpc) is 2.39. The summed E-state index contributed by atoms with van der Waals surface area (Å²) in [5.74, 6) is -0.0475. The molecule has 0 fully saturated rings. The first-order valence-electron chi connectivity index (χ1n) is 7.87. The molecule has 1 aromatic rings. The highest BCUT2D eigenvalue weighted by Gasteiger charge is 2.40. The van der Waals surface area contributed by atoms with Crippen LogP contribution in [0.4, 0.5) is 5.69 Å². The van der Waals surface area contributed by atoms with E-state index in [9.17, 15) is 4.79 Å². The van der Waals surface area contributed by atoms with E-state index < -0.39 is 11.0 Å². The maximum absolute atomic E-state index is 12.4. The third-order valence-electron chi connectivity index (χ3n) is 4.46. The standard InChI is InChI=1S/C18H30N2O/c1-6-7-8-9-14-10-12-15(13-11-14)20-16(21)17(2,3)18(4,5)19/h10-13H,6-9,19H2,1-5H3,(H,20,21). The van der Waals surface area contributed by atoms with Crippen molar-refractivity contribution in [3.05, 3.63) is 29.8 Å².